The van der Waals surface area contributed by atoms with Crippen LogP contribution in [0.5, 0.6) is 0 Å². The van der Waals surface area contributed by atoms with Crippen LogP contribution in [0.3, 0.4) is 0 Å². The molecule has 1 aromatic carbocycles. The minimum Gasteiger partial charge on any atom is -0.459 e. The Balaban J connectivity index is 1.69. The molecule has 3 aromatic rings. The number of nitrogens with zero attached hydrogens (tertiary/aromatic N) is 1. The largest absolute Gasteiger partial charge is 0.459 e. The van der Waals surface area contributed by atoms with E-state index in [1.807, 2.05) is 12.1 Å². The van der Waals surface area contributed by atoms with Crippen LogP contribution in [0.25, 0.3) is 0 Å². The lowest BCUT2D eigenvalue weighted by Gasteiger charge is -2.20. The van der Waals surface area contributed by atoms with Crippen molar-refractivity contribution >= 4 is 40.4 Å². The summed E-state index contributed by atoms with van der Waals surface area (Å²) in [6.07, 6.45) is 3.12. The summed E-state index contributed by atoms with van der Waals surface area (Å²) in [5.74, 6) is -0.243. The Labute approximate surface area is 165 Å². The normalized spacial score (nSPS) is 10.4. The van der Waals surface area contributed by atoms with Gasteiger partial charge in [0.2, 0.25) is 0 Å². The molecule has 0 bridgehead atoms. The average Bonchev–Trinajstić information content (AvgIpc) is 3.33. The number of hydrogen-bond donors (Lipinski definition) is 1. The Morgan fingerprint density at radius 1 is 1.19 bits per heavy atom. The van der Waals surface area contributed by atoms with E-state index in [2.05, 4.69) is 11.9 Å². The topological polar surface area (TPSA) is 62.6 Å². The molecule has 0 unspecified atom stereocenters. The Morgan fingerprint density at radius 3 is 2.56 bits per heavy atom. The third-order valence-corrected chi connectivity index (χ3v) is 4.96. The third kappa shape index (κ3) is 4.87. The van der Waals surface area contributed by atoms with Gasteiger partial charge in [-0.2, -0.15) is 0 Å². The monoisotopic (exact) mass is 400 g/mol. The van der Waals surface area contributed by atoms with E-state index in [1.54, 1.807) is 47.4 Å². The highest BCUT2D eigenvalue weighted by molar-refractivity contribution is 7.16. The summed E-state index contributed by atoms with van der Waals surface area (Å²) in [4.78, 5) is 27.5. The zero-order valence-corrected chi connectivity index (χ0v) is 15.9. The molecule has 2 aromatic heterocycles. The summed E-state index contributed by atoms with van der Waals surface area (Å²) < 4.78 is 5.74. The predicted molar refractivity (Wildman–Crippen MR) is 107 cm³/mol. The van der Waals surface area contributed by atoms with Crippen molar-refractivity contribution in [1.82, 2.24) is 4.90 Å². The minimum absolute atomic E-state index is 0.122. The van der Waals surface area contributed by atoms with Crippen molar-refractivity contribution in [2.45, 2.75) is 6.54 Å². The van der Waals surface area contributed by atoms with E-state index in [9.17, 15) is 9.59 Å². The number of nitrogens with one attached hydrogen (secondary N) is 1. The number of hydrogen-bond acceptors (Lipinski definition) is 4. The first-order valence-electron chi connectivity index (χ1n) is 8.16. The number of carbonyl (C=O) groups excluding carboxylic acids is 2. The maximum atomic E-state index is 12.8. The first kappa shape index (κ1) is 18.9. The Kier molecular flexibility index (Phi) is 6.11. The van der Waals surface area contributed by atoms with Gasteiger partial charge in [0.1, 0.15) is 0 Å². The molecule has 0 radical (unpaired) electrons. The summed E-state index contributed by atoms with van der Waals surface area (Å²) in [7, 11) is 0. The highest BCUT2D eigenvalue weighted by Crippen LogP contribution is 2.23. The molecular weight excluding hydrogens is 384 g/mol. The van der Waals surface area contributed by atoms with Gasteiger partial charge in [-0.15, -0.1) is 17.9 Å². The number of carbonyl (C=O) groups is 2. The van der Waals surface area contributed by atoms with Crippen LogP contribution in [-0.2, 0) is 6.54 Å². The molecule has 0 aliphatic rings. The van der Waals surface area contributed by atoms with E-state index >= 15 is 0 Å². The van der Waals surface area contributed by atoms with Gasteiger partial charge in [0.15, 0.2) is 5.76 Å². The Morgan fingerprint density at radius 2 is 1.96 bits per heavy atom. The lowest BCUT2D eigenvalue weighted by molar-refractivity contribution is 0.0764. The van der Waals surface area contributed by atoms with E-state index in [1.165, 1.54) is 17.6 Å². The van der Waals surface area contributed by atoms with Crippen LogP contribution in [0.4, 0.5) is 5.69 Å². The zero-order chi connectivity index (χ0) is 19.2. The maximum absolute atomic E-state index is 12.8. The summed E-state index contributed by atoms with van der Waals surface area (Å²) >= 11 is 7.41. The molecule has 0 fully saturated rings. The number of benzene rings is 1. The average molecular weight is 401 g/mol. The van der Waals surface area contributed by atoms with E-state index in [4.69, 9.17) is 16.0 Å². The molecule has 0 spiro atoms. The number of thiophene rings is 1. The lowest BCUT2D eigenvalue weighted by Crippen LogP contribution is -2.30. The van der Waals surface area contributed by atoms with Crippen LogP contribution in [0.2, 0.25) is 4.34 Å². The lowest BCUT2D eigenvalue weighted by atomic mass is 10.1. The van der Waals surface area contributed by atoms with Gasteiger partial charge in [0.25, 0.3) is 11.8 Å². The highest BCUT2D eigenvalue weighted by Gasteiger charge is 2.16. The van der Waals surface area contributed by atoms with Crippen molar-refractivity contribution in [3.05, 3.63) is 88.0 Å². The molecule has 0 aliphatic heterocycles. The van der Waals surface area contributed by atoms with Crippen molar-refractivity contribution in [2.75, 3.05) is 11.9 Å². The third-order valence-electron chi connectivity index (χ3n) is 3.75. The van der Waals surface area contributed by atoms with Gasteiger partial charge in [-0.3, -0.25) is 9.59 Å². The summed E-state index contributed by atoms with van der Waals surface area (Å²) in [6.45, 7) is 4.60. The minimum atomic E-state index is -0.345. The van der Waals surface area contributed by atoms with Crippen LogP contribution in [-0.4, -0.2) is 23.3 Å². The van der Waals surface area contributed by atoms with E-state index in [0.717, 1.165) is 4.88 Å². The van der Waals surface area contributed by atoms with Crippen LogP contribution in [0.15, 0.2) is 71.9 Å². The first-order chi connectivity index (χ1) is 13.1. The molecule has 1 N–H and O–H groups in total. The molecule has 27 heavy (non-hydrogen) atoms. The number of anilines is 1. The van der Waals surface area contributed by atoms with Crippen LogP contribution in [0, 0.1) is 0 Å². The summed E-state index contributed by atoms with van der Waals surface area (Å²) in [5, 5.41) is 2.72. The van der Waals surface area contributed by atoms with Gasteiger partial charge in [-0.05, 0) is 48.5 Å². The van der Waals surface area contributed by atoms with Crippen LogP contribution < -0.4 is 5.32 Å². The molecule has 0 atom stereocenters. The number of amides is 2. The molecule has 7 heteroatoms. The van der Waals surface area contributed by atoms with Gasteiger partial charge in [0.05, 0.1) is 17.1 Å². The molecule has 0 aliphatic carbocycles. The van der Waals surface area contributed by atoms with Gasteiger partial charge >= 0.3 is 0 Å². The molecule has 0 saturated carbocycles. The second kappa shape index (κ2) is 8.70. The van der Waals surface area contributed by atoms with Crippen LogP contribution >= 0.6 is 22.9 Å². The fourth-order valence-corrected chi connectivity index (χ4v) is 3.58. The van der Waals surface area contributed by atoms with Gasteiger partial charge < -0.3 is 14.6 Å². The smallest absolute Gasteiger partial charge is 0.291 e. The van der Waals surface area contributed by atoms with E-state index in [0.29, 0.717) is 28.7 Å². The Bertz CT molecular complexity index is 933. The zero-order valence-electron chi connectivity index (χ0n) is 14.4. The summed E-state index contributed by atoms with van der Waals surface area (Å²) in [5.41, 5.74) is 1.10. The quantitative estimate of drug-likeness (QED) is 0.563. The number of halogens is 1. The van der Waals surface area contributed by atoms with Gasteiger partial charge in [-0.1, -0.05) is 17.7 Å². The summed E-state index contributed by atoms with van der Waals surface area (Å²) in [6, 6.07) is 13.7. The number of rotatable bonds is 7. The molecular formula is C20H17ClN2O3S. The fraction of sp³-hybridized carbons (Fsp3) is 0.100. The van der Waals surface area contributed by atoms with Crippen molar-refractivity contribution in [3.8, 4) is 0 Å². The molecule has 5 nitrogen and oxygen atoms in total. The van der Waals surface area contributed by atoms with Crippen molar-refractivity contribution < 1.29 is 14.0 Å². The molecule has 0 saturated heterocycles. The molecule has 2 heterocycles. The number of furan rings is 1. The highest BCUT2D eigenvalue weighted by atomic mass is 35.5. The molecule has 138 valence electrons. The molecule has 3 rings (SSSR count). The SMILES string of the molecule is C=CCN(Cc1ccc(Cl)s1)C(=O)c1ccc(NC(=O)c2ccco2)cc1. The van der Waals surface area contributed by atoms with Gasteiger partial charge in [0, 0.05) is 22.7 Å². The second-order valence-corrected chi connectivity index (χ2v) is 7.49. The van der Waals surface area contributed by atoms with Crippen LogP contribution in [0.1, 0.15) is 25.8 Å². The predicted octanol–water partition coefficient (Wildman–Crippen LogP) is 5.08. The molecule has 2 amide bonds. The van der Waals surface area contributed by atoms with E-state index in [-0.39, 0.29) is 17.6 Å². The van der Waals surface area contributed by atoms with Gasteiger partial charge in [-0.25, -0.2) is 0 Å². The van der Waals surface area contributed by atoms with Crippen molar-refractivity contribution in [2.24, 2.45) is 0 Å². The van der Waals surface area contributed by atoms with E-state index < -0.39 is 0 Å². The van der Waals surface area contributed by atoms with Crippen molar-refractivity contribution in [1.29, 1.82) is 0 Å². The standard InChI is InChI=1S/C20H17ClN2O3S/c1-2-11-23(13-16-9-10-18(21)27-16)20(25)14-5-7-15(8-6-14)22-19(24)17-4-3-12-26-17/h2-10,12H,1,11,13H2,(H,22,24). The fourth-order valence-electron chi connectivity index (χ4n) is 2.48. The first-order valence-corrected chi connectivity index (χ1v) is 9.35. The second-order valence-electron chi connectivity index (χ2n) is 5.69. The Hall–Kier alpha value is -2.83. The maximum Gasteiger partial charge on any atom is 0.291 e. The van der Waals surface area contributed by atoms with Crippen molar-refractivity contribution in [3.63, 3.8) is 0 Å².